The Kier molecular flexibility index (Phi) is 2.33. The molecule has 0 bridgehead atoms. The van der Waals surface area contributed by atoms with E-state index in [9.17, 15) is 4.79 Å². The fraction of sp³-hybridized carbons (Fsp3) is 0.0833. The molecule has 0 radical (unpaired) electrons. The lowest BCUT2D eigenvalue weighted by molar-refractivity contribution is 0.388. The van der Waals surface area contributed by atoms with Gasteiger partial charge in [0.05, 0.1) is 5.56 Å². The van der Waals surface area contributed by atoms with Gasteiger partial charge in [-0.1, -0.05) is 35.5 Å². The first-order chi connectivity index (χ1) is 8.74. The Balaban J connectivity index is 2.19. The molecule has 2 aromatic heterocycles. The highest BCUT2D eigenvalue weighted by Crippen LogP contribution is 2.27. The Bertz CT molecular complexity index is 724. The summed E-state index contributed by atoms with van der Waals surface area (Å²) in [5, 5.41) is 8.07. The number of H-pyrrole nitrogens is 1. The maximum Gasteiger partial charge on any atom is 0.439 e. The van der Waals surface area contributed by atoms with E-state index in [1.54, 1.807) is 10.9 Å². The van der Waals surface area contributed by atoms with Crippen LogP contribution in [0.1, 0.15) is 0 Å². The van der Waals surface area contributed by atoms with Crippen LogP contribution in [0.2, 0.25) is 0 Å². The highest BCUT2D eigenvalue weighted by atomic mass is 16.5. The average molecular weight is 242 g/mol. The molecule has 0 saturated heterocycles. The van der Waals surface area contributed by atoms with Crippen LogP contribution in [0.15, 0.2) is 45.8 Å². The molecule has 6 nitrogen and oxygen atoms in total. The van der Waals surface area contributed by atoms with E-state index in [2.05, 4.69) is 19.8 Å². The van der Waals surface area contributed by atoms with Crippen molar-refractivity contribution in [2.75, 3.05) is 0 Å². The van der Waals surface area contributed by atoms with E-state index in [-0.39, 0.29) is 0 Å². The van der Waals surface area contributed by atoms with E-state index in [0.29, 0.717) is 5.82 Å². The molecule has 0 saturated carbocycles. The van der Waals surface area contributed by atoms with Gasteiger partial charge in [-0.3, -0.25) is 14.2 Å². The van der Waals surface area contributed by atoms with Gasteiger partial charge in [-0.15, -0.1) is 0 Å². The van der Waals surface area contributed by atoms with Crippen molar-refractivity contribution in [3.8, 4) is 22.6 Å². The summed E-state index contributed by atoms with van der Waals surface area (Å²) in [4.78, 5) is 13.5. The molecule has 6 heteroatoms. The number of nitrogens with zero attached hydrogens (tertiary/aromatic N) is 3. The van der Waals surface area contributed by atoms with Gasteiger partial charge in [0.1, 0.15) is 5.69 Å². The summed E-state index contributed by atoms with van der Waals surface area (Å²) < 4.78 is 6.19. The molecular weight excluding hydrogens is 232 g/mol. The Labute approximate surface area is 102 Å². The first-order valence-electron chi connectivity index (χ1n) is 5.39. The van der Waals surface area contributed by atoms with Gasteiger partial charge in [0.2, 0.25) is 0 Å². The molecule has 0 spiro atoms. The SMILES string of the molecule is Cn1cc(-c2noc(=O)[nH]2)c(-c2ccccc2)n1. The Morgan fingerprint density at radius 1 is 1.28 bits per heavy atom. The van der Waals surface area contributed by atoms with Crippen LogP contribution in [-0.2, 0) is 7.05 Å². The molecule has 2 heterocycles. The van der Waals surface area contributed by atoms with Crippen molar-refractivity contribution in [3.05, 3.63) is 47.1 Å². The van der Waals surface area contributed by atoms with Crippen molar-refractivity contribution in [2.24, 2.45) is 7.05 Å². The Hall–Kier alpha value is -2.63. The minimum absolute atomic E-state index is 0.381. The third kappa shape index (κ3) is 1.73. The van der Waals surface area contributed by atoms with E-state index in [1.165, 1.54) is 0 Å². The number of benzene rings is 1. The first kappa shape index (κ1) is 10.5. The van der Waals surface area contributed by atoms with Crippen LogP contribution in [0, 0.1) is 0 Å². The van der Waals surface area contributed by atoms with Crippen LogP contribution in [0.5, 0.6) is 0 Å². The summed E-state index contributed by atoms with van der Waals surface area (Å²) in [6.45, 7) is 0. The van der Waals surface area contributed by atoms with Gasteiger partial charge >= 0.3 is 5.76 Å². The summed E-state index contributed by atoms with van der Waals surface area (Å²) in [6, 6.07) is 9.69. The van der Waals surface area contributed by atoms with E-state index in [0.717, 1.165) is 16.8 Å². The second-order valence-corrected chi connectivity index (χ2v) is 3.87. The van der Waals surface area contributed by atoms with Gasteiger partial charge in [0.25, 0.3) is 0 Å². The van der Waals surface area contributed by atoms with Crippen molar-refractivity contribution in [1.29, 1.82) is 0 Å². The fourth-order valence-corrected chi connectivity index (χ4v) is 1.82. The summed E-state index contributed by atoms with van der Waals surface area (Å²) >= 11 is 0. The zero-order valence-corrected chi connectivity index (χ0v) is 9.62. The van der Waals surface area contributed by atoms with Gasteiger partial charge in [-0.2, -0.15) is 5.10 Å². The Morgan fingerprint density at radius 3 is 2.72 bits per heavy atom. The van der Waals surface area contributed by atoms with Crippen molar-refractivity contribution >= 4 is 0 Å². The molecule has 1 N–H and O–H groups in total. The minimum Gasteiger partial charge on any atom is -0.296 e. The van der Waals surface area contributed by atoms with Gasteiger partial charge in [-0.25, -0.2) is 4.79 Å². The maximum atomic E-state index is 11.0. The number of aryl methyl sites for hydroxylation is 1. The van der Waals surface area contributed by atoms with Gasteiger partial charge < -0.3 is 0 Å². The maximum absolute atomic E-state index is 11.0. The molecule has 3 rings (SSSR count). The van der Waals surface area contributed by atoms with Gasteiger partial charge in [0.15, 0.2) is 5.82 Å². The van der Waals surface area contributed by atoms with Crippen LogP contribution in [-0.4, -0.2) is 19.9 Å². The minimum atomic E-state index is -0.576. The number of hydrogen-bond acceptors (Lipinski definition) is 4. The largest absolute Gasteiger partial charge is 0.439 e. The third-order valence-corrected chi connectivity index (χ3v) is 2.57. The molecule has 0 amide bonds. The summed E-state index contributed by atoms with van der Waals surface area (Å²) in [6.07, 6.45) is 1.79. The summed E-state index contributed by atoms with van der Waals surface area (Å²) in [5.41, 5.74) is 2.44. The quantitative estimate of drug-likeness (QED) is 0.737. The molecular formula is C12H10N4O2. The molecule has 3 aromatic rings. The molecule has 18 heavy (non-hydrogen) atoms. The normalized spacial score (nSPS) is 10.7. The molecule has 1 aromatic carbocycles. The van der Waals surface area contributed by atoms with Crippen LogP contribution in [0.4, 0.5) is 0 Å². The Morgan fingerprint density at radius 2 is 2.06 bits per heavy atom. The predicted molar refractivity (Wildman–Crippen MR) is 64.8 cm³/mol. The van der Waals surface area contributed by atoms with Crippen molar-refractivity contribution in [3.63, 3.8) is 0 Å². The lowest BCUT2D eigenvalue weighted by Crippen LogP contribution is -1.95. The fourth-order valence-electron chi connectivity index (χ4n) is 1.82. The van der Waals surface area contributed by atoms with E-state index < -0.39 is 5.76 Å². The van der Waals surface area contributed by atoms with Crippen molar-refractivity contribution < 1.29 is 4.52 Å². The second kappa shape index (κ2) is 3.99. The van der Waals surface area contributed by atoms with Crippen molar-refractivity contribution in [1.82, 2.24) is 19.9 Å². The number of hydrogen-bond donors (Lipinski definition) is 1. The number of aromatic nitrogens is 4. The molecule has 0 aliphatic rings. The zero-order valence-electron chi connectivity index (χ0n) is 9.62. The van der Waals surface area contributed by atoms with Gasteiger partial charge in [0, 0.05) is 18.8 Å². The van der Waals surface area contributed by atoms with E-state index in [1.807, 2.05) is 37.4 Å². The summed E-state index contributed by atoms with van der Waals surface area (Å²) in [7, 11) is 1.81. The second-order valence-electron chi connectivity index (χ2n) is 3.87. The molecule has 0 unspecified atom stereocenters. The molecule has 0 atom stereocenters. The standard InChI is InChI=1S/C12H10N4O2/c1-16-7-9(11-13-12(17)18-15-11)10(14-16)8-5-3-2-4-6-8/h2-7H,1H3,(H,13,15,17). The number of rotatable bonds is 2. The lowest BCUT2D eigenvalue weighted by Gasteiger charge is -1.98. The molecule has 90 valence electrons. The highest BCUT2D eigenvalue weighted by Gasteiger charge is 2.15. The van der Waals surface area contributed by atoms with Crippen molar-refractivity contribution in [2.45, 2.75) is 0 Å². The van der Waals surface area contributed by atoms with E-state index in [4.69, 9.17) is 0 Å². The lowest BCUT2D eigenvalue weighted by atomic mass is 10.1. The van der Waals surface area contributed by atoms with Crippen LogP contribution in [0.25, 0.3) is 22.6 Å². The third-order valence-electron chi connectivity index (χ3n) is 2.57. The zero-order chi connectivity index (χ0) is 12.5. The molecule has 0 aliphatic carbocycles. The highest BCUT2D eigenvalue weighted by molar-refractivity contribution is 5.76. The number of nitrogens with one attached hydrogen (secondary N) is 1. The van der Waals surface area contributed by atoms with Crippen LogP contribution >= 0.6 is 0 Å². The first-order valence-corrected chi connectivity index (χ1v) is 5.39. The van der Waals surface area contributed by atoms with Crippen LogP contribution < -0.4 is 5.76 Å². The van der Waals surface area contributed by atoms with Crippen LogP contribution in [0.3, 0.4) is 0 Å². The molecule has 0 fully saturated rings. The monoisotopic (exact) mass is 242 g/mol. The smallest absolute Gasteiger partial charge is 0.296 e. The topological polar surface area (TPSA) is 76.7 Å². The predicted octanol–water partition coefficient (Wildman–Crippen LogP) is 1.43. The van der Waals surface area contributed by atoms with E-state index >= 15 is 0 Å². The van der Waals surface area contributed by atoms with Gasteiger partial charge in [-0.05, 0) is 0 Å². The average Bonchev–Trinajstić information content (AvgIpc) is 2.96. The number of aromatic amines is 1. The molecule has 0 aliphatic heterocycles. The summed E-state index contributed by atoms with van der Waals surface area (Å²) in [5.74, 6) is -0.195.